The van der Waals surface area contributed by atoms with E-state index in [-0.39, 0.29) is 23.0 Å². The first-order chi connectivity index (χ1) is 11.6. The molecule has 4 nitrogen and oxygen atoms in total. The van der Waals surface area contributed by atoms with Gasteiger partial charge in [-0.25, -0.2) is 0 Å². The molecule has 3 atom stereocenters. The van der Waals surface area contributed by atoms with Crippen LogP contribution in [0.3, 0.4) is 0 Å². The molecule has 0 aliphatic heterocycles. The van der Waals surface area contributed by atoms with Gasteiger partial charge < -0.3 is 5.11 Å². The lowest BCUT2D eigenvalue weighted by atomic mass is 9.52. The molecule has 1 fully saturated rings. The van der Waals surface area contributed by atoms with E-state index in [9.17, 15) is 9.90 Å². The van der Waals surface area contributed by atoms with E-state index in [4.69, 9.17) is 0 Å². The molecule has 2 aliphatic carbocycles. The summed E-state index contributed by atoms with van der Waals surface area (Å²) in [6.07, 6.45) is 5.44. The average Bonchev–Trinajstić information content (AvgIpc) is 3.00. The van der Waals surface area contributed by atoms with Crippen molar-refractivity contribution in [2.75, 3.05) is 0 Å². The molecule has 24 heavy (non-hydrogen) atoms. The fraction of sp³-hybridized carbons (Fsp3) is 0.400. The Morgan fingerprint density at radius 1 is 1.33 bits per heavy atom. The summed E-state index contributed by atoms with van der Waals surface area (Å²) in [4.78, 5) is 12.7. The lowest BCUT2D eigenvalue weighted by Crippen LogP contribution is -2.51. The second-order valence-corrected chi connectivity index (χ2v) is 7.11. The van der Waals surface area contributed by atoms with E-state index < -0.39 is 0 Å². The molecule has 0 radical (unpaired) electrons. The molecule has 1 saturated carbocycles. The Hall–Kier alpha value is -2.36. The first kappa shape index (κ1) is 15.2. The molecule has 0 amide bonds. The van der Waals surface area contributed by atoms with Crippen LogP contribution in [0, 0.1) is 11.8 Å². The molecule has 2 aliphatic rings. The van der Waals surface area contributed by atoms with Crippen LogP contribution in [0.1, 0.15) is 36.6 Å². The highest BCUT2D eigenvalue weighted by Crippen LogP contribution is 2.55. The topological polar surface area (TPSA) is 55.1 Å². The van der Waals surface area contributed by atoms with Gasteiger partial charge in [0.05, 0.1) is 18.2 Å². The van der Waals surface area contributed by atoms with Gasteiger partial charge in [-0.3, -0.25) is 9.48 Å². The number of hydrogen-bond donors (Lipinski definition) is 1. The largest absolute Gasteiger partial charge is 0.515 e. The van der Waals surface area contributed by atoms with Gasteiger partial charge in [0.2, 0.25) is 0 Å². The molecular formula is C20H22N2O2. The molecule has 3 unspecified atom stereocenters. The maximum absolute atomic E-state index is 12.7. The Labute approximate surface area is 141 Å². The highest BCUT2D eigenvalue weighted by atomic mass is 16.2. The molecule has 124 valence electrons. The molecule has 1 aromatic carbocycles. The third kappa shape index (κ3) is 1.86. The number of aliphatic hydroxyl groups excluding tert-OH is 1. The second kappa shape index (κ2) is 5.33. The van der Waals surface area contributed by atoms with Crippen molar-refractivity contribution < 1.29 is 9.90 Å². The summed E-state index contributed by atoms with van der Waals surface area (Å²) < 4.78 is 1.96. The third-order valence-electron chi connectivity index (χ3n) is 6.04. The number of ketones is 1. The molecule has 0 spiro atoms. The second-order valence-electron chi connectivity index (χ2n) is 7.11. The van der Waals surface area contributed by atoms with E-state index in [0.717, 1.165) is 19.1 Å². The summed E-state index contributed by atoms with van der Waals surface area (Å²) in [6.45, 7) is 2.01. The van der Waals surface area contributed by atoms with E-state index in [1.807, 2.05) is 30.9 Å². The maximum Gasteiger partial charge on any atom is 0.165 e. The Kier molecular flexibility index (Phi) is 3.37. The number of hydrogen-bond acceptors (Lipinski definition) is 3. The summed E-state index contributed by atoms with van der Waals surface area (Å²) in [5, 5.41) is 14.2. The van der Waals surface area contributed by atoms with Gasteiger partial charge in [-0.05, 0) is 36.3 Å². The van der Waals surface area contributed by atoms with E-state index in [0.29, 0.717) is 12.0 Å². The number of nitrogens with zero attached hydrogens (tertiary/aromatic N) is 2. The minimum Gasteiger partial charge on any atom is -0.515 e. The van der Waals surface area contributed by atoms with Crippen molar-refractivity contribution in [1.29, 1.82) is 0 Å². The number of allylic oxidation sites excluding steroid dienone is 1. The van der Waals surface area contributed by atoms with Crippen molar-refractivity contribution in [2.45, 2.75) is 31.6 Å². The van der Waals surface area contributed by atoms with Crippen LogP contribution < -0.4 is 0 Å². The number of aliphatic hydroxyl groups is 1. The molecule has 1 N–H and O–H groups in total. The molecule has 0 saturated heterocycles. The Morgan fingerprint density at radius 2 is 2.08 bits per heavy atom. The summed E-state index contributed by atoms with van der Waals surface area (Å²) in [7, 11) is 1.98. The summed E-state index contributed by atoms with van der Waals surface area (Å²) in [5.74, 6) is 0.194. The Morgan fingerprint density at radius 3 is 2.79 bits per heavy atom. The standard InChI is InChI=1S/C20H22N2O2/c1-13-17-9-8-14-11-21-22(2)19(14)20(17,10-15(12-23)18(13)24)16-6-4-3-5-7-16/h3-7,11-13,17,23H,8-10H2,1-2H3. The van der Waals surface area contributed by atoms with Crippen LogP contribution in [0.25, 0.3) is 0 Å². The van der Waals surface area contributed by atoms with Gasteiger partial charge in [-0.1, -0.05) is 37.3 Å². The van der Waals surface area contributed by atoms with E-state index in [1.54, 1.807) is 0 Å². The van der Waals surface area contributed by atoms with Crippen LogP contribution in [-0.2, 0) is 23.7 Å². The minimum atomic E-state index is -0.304. The van der Waals surface area contributed by atoms with Crippen molar-refractivity contribution in [3.63, 3.8) is 0 Å². The van der Waals surface area contributed by atoms with Gasteiger partial charge in [0.15, 0.2) is 5.78 Å². The van der Waals surface area contributed by atoms with Gasteiger partial charge >= 0.3 is 0 Å². The summed E-state index contributed by atoms with van der Waals surface area (Å²) in [6, 6.07) is 10.4. The third-order valence-corrected chi connectivity index (χ3v) is 6.04. The van der Waals surface area contributed by atoms with Crippen molar-refractivity contribution in [3.8, 4) is 0 Å². The van der Waals surface area contributed by atoms with Crippen molar-refractivity contribution in [3.05, 3.63) is 65.2 Å². The number of carbonyl (C=O) groups excluding carboxylic acids is 1. The quantitative estimate of drug-likeness (QED) is 0.647. The number of rotatable bonds is 1. The molecule has 1 heterocycles. The zero-order valence-corrected chi connectivity index (χ0v) is 14.1. The minimum absolute atomic E-state index is 0.0830. The summed E-state index contributed by atoms with van der Waals surface area (Å²) in [5.41, 5.74) is 3.89. The van der Waals surface area contributed by atoms with Crippen LogP contribution in [0.4, 0.5) is 0 Å². The van der Waals surface area contributed by atoms with Crippen molar-refractivity contribution >= 4 is 5.78 Å². The SMILES string of the molecule is CC1C(=O)C(=CO)CC2(c3ccccc3)c3c(cnn3C)CCC12. The number of carbonyl (C=O) groups is 1. The number of benzene rings is 1. The van der Waals surface area contributed by atoms with Crippen LogP contribution in [0.5, 0.6) is 0 Å². The van der Waals surface area contributed by atoms with Gasteiger partial charge in [0, 0.05) is 24.0 Å². The van der Waals surface area contributed by atoms with Gasteiger partial charge in [0.1, 0.15) is 0 Å². The van der Waals surface area contributed by atoms with Crippen molar-refractivity contribution in [1.82, 2.24) is 9.78 Å². The van der Waals surface area contributed by atoms with Gasteiger partial charge in [-0.2, -0.15) is 5.10 Å². The number of aryl methyl sites for hydroxylation is 2. The highest BCUT2D eigenvalue weighted by molar-refractivity contribution is 5.98. The number of Topliss-reactive ketones (excluding diaryl/α,β-unsaturated/α-hetero) is 1. The molecule has 0 bridgehead atoms. The van der Waals surface area contributed by atoms with Crippen molar-refractivity contribution in [2.24, 2.45) is 18.9 Å². The average molecular weight is 322 g/mol. The number of fused-ring (bicyclic) bond motifs is 3. The fourth-order valence-electron chi connectivity index (χ4n) is 5.03. The van der Waals surface area contributed by atoms with E-state index in [1.165, 1.54) is 16.8 Å². The lowest BCUT2D eigenvalue weighted by Gasteiger charge is -2.50. The number of aromatic nitrogens is 2. The van der Waals surface area contributed by atoms with Crippen LogP contribution in [-0.4, -0.2) is 20.7 Å². The van der Waals surface area contributed by atoms with E-state index >= 15 is 0 Å². The summed E-state index contributed by atoms with van der Waals surface area (Å²) >= 11 is 0. The zero-order chi connectivity index (χ0) is 16.9. The lowest BCUT2D eigenvalue weighted by molar-refractivity contribution is -0.123. The predicted molar refractivity (Wildman–Crippen MR) is 91.7 cm³/mol. The van der Waals surface area contributed by atoms with Crippen LogP contribution in [0.15, 0.2) is 48.4 Å². The predicted octanol–water partition coefficient (Wildman–Crippen LogP) is 3.32. The Balaban J connectivity index is 2.03. The monoisotopic (exact) mass is 322 g/mol. The zero-order valence-electron chi connectivity index (χ0n) is 14.1. The Bertz CT molecular complexity index is 821. The van der Waals surface area contributed by atoms with Gasteiger partial charge in [-0.15, -0.1) is 0 Å². The molecule has 1 aromatic heterocycles. The normalized spacial score (nSPS) is 30.9. The molecule has 2 aromatic rings. The molecule has 4 rings (SSSR count). The first-order valence-electron chi connectivity index (χ1n) is 8.54. The van der Waals surface area contributed by atoms with E-state index in [2.05, 4.69) is 29.4 Å². The van der Waals surface area contributed by atoms with Crippen LogP contribution >= 0.6 is 0 Å². The van der Waals surface area contributed by atoms with Crippen LogP contribution in [0.2, 0.25) is 0 Å². The highest BCUT2D eigenvalue weighted by Gasteiger charge is 2.55. The molecule has 4 heteroatoms. The first-order valence-corrected chi connectivity index (χ1v) is 8.54. The fourth-order valence-corrected chi connectivity index (χ4v) is 5.03. The molecular weight excluding hydrogens is 300 g/mol. The maximum atomic E-state index is 12.7. The smallest absolute Gasteiger partial charge is 0.165 e. The van der Waals surface area contributed by atoms with Gasteiger partial charge in [0.25, 0.3) is 0 Å².